The molecule has 72 valence electrons. The van der Waals surface area contributed by atoms with Crippen molar-refractivity contribution in [2.45, 2.75) is 0 Å². The number of para-hydroxylation sites is 1. The van der Waals surface area contributed by atoms with Gasteiger partial charge in [-0.1, -0.05) is 23.7 Å². The van der Waals surface area contributed by atoms with E-state index in [-0.39, 0.29) is 16.3 Å². The lowest BCUT2D eigenvalue weighted by molar-refractivity contribution is -0.385. The second-order valence-corrected chi connectivity index (χ2v) is 2.83. The van der Waals surface area contributed by atoms with Crippen LogP contribution in [0.5, 0.6) is 0 Å². The number of benzene rings is 1. The van der Waals surface area contributed by atoms with E-state index < -0.39 is 4.92 Å². The third-order valence-electron chi connectivity index (χ3n) is 1.57. The Labute approximate surface area is 85.0 Å². The van der Waals surface area contributed by atoms with E-state index in [1.807, 2.05) is 0 Å². The molecule has 0 aromatic heterocycles. The van der Waals surface area contributed by atoms with Gasteiger partial charge in [0, 0.05) is 6.07 Å². The van der Waals surface area contributed by atoms with Crippen LogP contribution in [0.4, 0.5) is 5.69 Å². The number of aldehydes is 1. The molecular weight excluding hydrogens is 206 g/mol. The Balaban J connectivity index is 3.26. The van der Waals surface area contributed by atoms with Crippen LogP contribution in [0, 0.1) is 10.1 Å². The van der Waals surface area contributed by atoms with Gasteiger partial charge in [0.2, 0.25) is 0 Å². The van der Waals surface area contributed by atoms with Crippen LogP contribution in [0.2, 0.25) is 0 Å². The third kappa shape index (κ3) is 2.17. The molecule has 0 heterocycles. The molecule has 4 nitrogen and oxygen atoms in total. The highest BCUT2D eigenvalue weighted by Gasteiger charge is 2.14. The van der Waals surface area contributed by atoms with Gasteiger partial charge in [0.25, 0.3) is 5.69 Å². The number of nitro groups is 1. The zero-order valence-electron chi connectivity index (χ0n) is 7.01. The second-order valence-electron chi connectivity index (χ2n) is 2.42. The lowest BCUT2D eigenvalue weighted by atomic mass is 10.1. The van der Waals surface area contributed by atoms with Crippen LogP contribution in [-0.2, 0) is 4.79 Å². The molecule has 1 aromatic carbocycles. The van der Waals surface area contributed by atoms with Crippen LogP contribution in [0.25, 0.3) is 5.03 Å². The van der Waals surface area contributed by atoms with Gasteiger partial charge in [0.15, 0.2) is 0 Å². The first kappa shape index (κ1) is 10.4. The quantitative estimate of drug-likeness (QED) is 0.334. The van der Waals surface area contributed by atoms with Gasteiger partial charge >= 0.3 is 0 Å². The number of hydrogen-bond acceptors (Lipinski definition) is 3. The zero-order valence-corrected chi connectivity index (χ0v) is 7.77. The maximum atomic E-state index is 10.6. The molecule has 0 bridgehead atoms. The van der Waals surface area contributed by atoms with Crippen LogP contribution in [0.15, 0.2) is 30.3 Å². The Morgan fingerprint density at radius 3 is 2.64 bits per heavy atom. The molecule has 1 aromatic rings. The molecule has 0 N–H and O–H groups in total. The molecule has 0 aliphatic heterocycles. The molecule has 14 heavy (non-hydrogen) atoms. The highest BCUT2D eigenvalue weighted by molar-refractivity contribution is 6.50. The average Bonchev–Trinajstić information content (AvgIpc) is 2.18. The van der Waals surface area contributed by atoms with E-state index in [9.17, 15) is 14.9 Å². The number of nitro benzene ring substituents is 1. The van der Waals surface area contributed by atoms with Gasteiger partial charge in [-0.3, -0.25) is 14.9 Å². The summed E-state index contributed by atoms with van der Waals surface area (Å²) in [6, 6.07) is 5.97. The molecule has 0 saturated carbocycles. The first-order valence-corrected chi connectivity index (χ1v) is 4.09. The number of rotatable bonds is 3. The molecular formula is C9H6ClNO3. The van der Waals surface area contributed by atoms with Gasteiger partial charge in [0.1, 0.15) is 6.29 Å². The number of allylic oxidation sites excluding steroid dienone is 1. The standard InChI is InChI=1S/C9H6ClNO3/c10-8(5-6-12)7-3-1-2-4-9(7)11(13)14/h1-6H. The maximum Gasteiger partial charge on any atom is 0.278 e. The Kier molecular flexibility index (Phi) is 3.36. The highest BCUT2D eigenvalue weighted by Crippen LogP contribution is 2.27. The first-order chi connectivity index (χ1) is 6.66. The summed E-state index contributed by atoms with van der Waals surface area (Å²) in [5, 5.41) is 10.6. The minimum atomic E-state index is -0.545. The highest BCUT2D eigenvalue weighted by atomic mass is 35.5. The summed E-state index contributed by atoms with van der Waals surface area (Å²) in [5.74, 6) is 0. The van der Waals surface area contributed by atoms with Crippen molar-refractivity contribution >= 4 is 28.6 Å². The second kappa shape index (κ2) is 4.53. The van der Waals surface area contributed by atoms with E-state index in [1.54, 1.807) is 6.07 Å². The number of carbonyl (C=O) groups is 1. The topological polar surface area (TPSA) is 60.2 Å². The summed E-state index contributed by atoms with van der Waals surface area (Å²) >= 11 is 5.68. The minimum absolute atomic E-state index is 0.0623. The Bertz CT molecular complexity index is 401. The van der Waals surface area contributed by atoms with Gasteiger partial charge in [-0.25, -0.2) is 0 Å². The molecule has 0 saturated heterocycles. The number of nitrogens with zero attached hydrogens (tertiary/aromatic N) is 1. The van der Waals surface area contributed by atoms with E-state index in [0.717, 1.165) is 6.08 Å². The fourth-order valence-corrected chi connectivity index (χ4v) is 1.20. The lowest BCUT2D eigenvalue weighted by Gasteiger charge is -1.99. The van der Waals surface area contributed by atoms with E-state index in [1.165, 1.54) is 18.2 Å². The summed E-state index contributed by atoms with van der Waals surface area (Å²) in [7, 11) is 0. The number of carbonyl (C=O) groups excluding carboxylic acids is 1. The minimum Gasteiger partial charge on any atom is -0.299 e. The maximum absolute atomic E-state index is 10.6. The predicted molar refractivity (Wildman–Crippen MR) is 53.0 cm³/mol. The van der Waals surface area contributed by atoms with E-state index in [4.69, 9.17) is 11.6 Å². The van der Waals surface area contributed by atoms with Crippen LogP contribution in [-0.4, -0.2) is 11.2 Å². The third-order valence-corrected chi connectivity index (χ3v) is 1.90. The number of halogens is 1. The van der Waals surface area contributed by atoms with Crippen molar-refractivity contribution in [3.8, 4) is 0 Å². The molecule has 5 heteroatoms. The molecule has 0 amide bonds. The van der Waals surface area contributed by atoms with E-state index in [2.05, 4.69) is 0 Å². The van der Waals surface area contributed by atoms with Gasteiger partial charge in [-0.15, -0.1) is 0 Å². The summed E-state index contributed by atoms with van der Waals surface area (Å²) in [6.45, 7) is 0. The Hall–Kier alpha value is -1.68. The predicted octanol–water partition coefficient (Wildman–Crippen LogP) is 2.37. The van der Waals surface area contributed by atoms with Crippen molar-refractivity contribution in [3.05, 3.63) is 46.0 Å². The van der Waals surface area contributed by atoms with Gasteiger partial charge in [0.05, 0.1) is 15.5 Å². The summed E-state index contributed by atoms with van der Waals surface area (Å²) in [6.07, 6.45) is 1.56. The van der Waals surface area contributed by atoms with Crippen molar-refractivity contribution in [1.82, 2.24) is 0 Å². The first-order valence-electron chi connectivity index (χ1n) is 3.71. The van der Waals surface area contributed by atoms with Crippen molar-refractivity contribution < 1.29 is 9.72 Å². The Morgan fingerprint density at radius 1 is 1.43 bits per heavy atom. The SMILES string of the molecule is O=CC=C(Cl)c1ccccc1[N+](=O)[O-]. The molecule has 1 rings (SSSR count). The van der Waals surface area contributed by atoms with Crippen molar-refractivity contribution in [2.75, 3.05) is 0 Å². The van der Waals surface area contributed by atoms with E-state index >= 15 is 0 Å². The smallest absolute Gasteiger partial charge is 0.278 e. The van der Waals surface area contributed by atoms with Crippen molar-refractivity contribution in [3.63, 3.8) is 0 Å². The fourth-order valence-electron chi connectivity index (χ4n) is 0.984. The molecule has 0 unspecified atom stereocenters. The van der Waals surface area contributed by atoms with Gasteiger partial charge in [-0.05, 0) is 12.1 Å². The van der Waals surface area contributed by atoms with Gasteiger partial charge in [-0.2, -0.15) is 0 Å². The molecule has 0 radical (unpaired) electrons. The Morgan fingerprint density at radius 2 is 2.07 bits per heavy atom. The summed E-state index contributed by atoms with van der Waals surface area (Å²) < 4.78 is 0. The summed E-state index contributed by atoms with van der Waals surface area (Å²) in [5.41, 5.74) is 0.127. The molecule has 0 fully saturated rings. The molecule has 0 aliphatic rings. The monoisotopic (exact) mass is 211 g/mol. The molecule has 0 aliphatic carbocycles. The summed E-state index contributed by atoms with van der Waals surface area (Å²) in [4.78, 5) is 20.2. The largest absolute Gasteiger partial charge is 0.299 e. The van der Waals surface area contributed by atoms with Crippen molar-refractivity contribution in [2.24, 2.45) is 0 Å². The van der Waals surface area contributed by atoms with E-state index in [0.29, 0.717) is 6.29 Å². The van der Waals surface area contributed by atoms with Crippen molar-refractivity contribution in [1.29, 1.82) is 0 Å². The number of hydrogen-bond donors (Lipinski definition) is 0. The molecule has 0 spiro atoms. The zero-order chi connectivity index (χ0) is 10.6. The van der Waals surface area contributed by atoms with Crippen LogP contribution < -0.4 is 0 Å². The van der Waals surface area contributed by atoms with Crippen LogP contribution in [0.3, 0.4) is 0 Å². The molecule has 0 atom stereocenters. The van der Waals surface area contributed by atoms with Crippen LogP contribution >= 0.6 is 11.6 Å². The average molecular weight is 212 g/mol. The lowest BCUT2D eigenvalue weighted by Crippen LogP contribution is -1.92. The van der Waals surface area contributed by atoms with Gasteiger partial charge < -0.3 is 0 Å². The fraction of sp³-hybridized carbons (Fsp3) is 0. The normalized spacial score (nSPS) is 11.1. The van der Waals surface area contributed by atoms with Crippen LogP contribution in [0.1, 0.15) is 5.56 Å².